The van der Waals surface area contributed by atoms with Crippen molar-refractivity contribution in [1.29, 1.82) is 0 Å². The van der Waals surface area contributed by atoms with Crippen LogP contribution in [0.3, 0.4) is 0 Å². The molecule has 0 saturated heterocycles. The second-order valence-electron chi connectivity index (χ2n) is 3.85. The van der Waals surface area contributed by atoms with E-state index in [-0.39, 0.29) is 5.91 Å². The molecular weight excluding hydrogens is 248 g/mol. The summed E-state index contributed by atoms with van der Waals surface area (Å²) in [6, 6.07) is 5.96. The average Bonchev–Trinajstić information content (AvgIpc) is 2.95. The summed E-state index contributed by atoms with van der Waals surface area (Å²) in [5.74, 6) is -0.114. The van der Waals surface area contributed by atoms with Crippen molar-refractivity contribution in [2.45, 2.75) is 6.92 Å². The Hall–Kier alpha value is -2.21. The van der Waals surface area contributed by atoms with Crippen molar-refractivity contribution in [1.82, 2.24) is 15.2 Å². The third-order valence-corrected chi connectivity index (χ3v) is 3.48. The molecule has 18 heavy (non-hydrogen) atoms. The van der Waals surface area contributed by atoms with Crippen LogP contribution in [0.25, 0.3) is 21.3 Å². The zero-order chi connectivity index (χ0) is 12.5. The molecule has 2 heterocycles. The molecule has 1 aromatic carbocycles. The first-order valence-electron chi connectivity index (χ1n) is 5.40. The van der Waals surface area contributed by atoms with Crippen molar-refractivity contribution in [2.24, 2.45) is 0 Å². The molecule has 0 aliphatic carbocycles. The second-order valence-corrected chi connectivity index (χ2v) is 4.88. The van der Waals surface area contributed by atoms with Crippen molar-refractivity contribution in [2.75, 3.05) is 5.32 Å². The first kappa shape index (κ1) is 10.9. The Bertz CT molecular complexity index is 716. The van der Waals surface area contributed by atoms with Gasteiger partial charge in [-0.25, -0.2) is 4.98 Å². The molecule has 2 N–H and O–H groups in total. The van der Waals surface area contributed by atoms with E-state index in [9.17, 15) is 4.79 Å². The molecule has 90 valence electrons. The predicted molar refractivity (Wildman–Crippen MR) is 71.5 cm³/mol. The topological polar surface area (TPSA) is 70.7 Å². The highest BCUT2D eigenvalue weighted by Gasteiger charge is 2.09. The van der Waals surface area contributed by atoms with Gasteiger partial charge < -0.3 is 5.32 Å². The Morgan fingerprint density at radius 1 is 1.39 bits per heavy atom. The number of carbonyl (C=O) groups excluding carboxylic acids is 1. The highest BCUT2D eigenvalue weighted by Crippen LogP contribution is 2.33. The van der Waals surface area contributed by atoms with Gasteiger partial charge in [0.2, 0.25) is 5.91 Å². The number of benzene rings is 1. The minimum atomic E-state index is -0.114. The van der Waals surface area contributed by atoms with E-state index in [2.05, 4.69) is 20.5 Å². The van der Waals surface area contributed by atoms with Crippen molar-refractivity contribution < 1.29 is 4.79 Å². The zero-order valence-electron chi connectivity index (χ0n) is 9.60. The Morgan fingerprint density at radius 3 is 3.11 bits per heavy atom. The van der Waals surface area contributed by atoms with Crippen LogP contribution < -0.4 is 5.32 Å². The van der Waals surface area contributed by atoms with Gasteiger partial charge in [-0.1, -0.05) is 23.5 Å². The second kappa shape index (κ2) is 4.23. The van der Waals surface area contributed by atoms with Gasteiger partial charge in [0.1, 0.15) is 0 Å². The quantitative estimate of drug-likeness (QED) is 0.742. The van der Waals surface area contributed by atoms with Gasteiger partial charge in [0, 0.05) is 24.1 Å². The summed E-state index contributed by atoms with van der Waals surface area (Å²) in [5.41, 5.74) is 2.05. The van der Waals surface area contributed by atoms with E-state index in [0.717, 1.165) is 21.3 Å². The standard InChI is InChI=1S/C12H10N4OS/c1-7(17)15-12-13-6-11(18-12)8-3-2-4-10-9(8)5-14-16-10/h2-6H,1H3,(H,14,16)(H,13,15,17). The molecule has 0 fully saturated rings. The number of aromatic nitrogens is 3. The molecule has 5 nitrogen and oxygen atoms in total. The smallest absolute Gasteiger partial charge is 0.223 e. The lowest BCUT2D eigenvalue weighted by atomic mass is 10.1. The highest BCUT2D eigenvalue weighted by atomic mass is 32.1. The number of hydrogen-bond acceptors (Lipinski definition) is 4. The monoisotopic (exact) mass is 258 g/mol. The molecule has 0 unspecified atom stereocenters. The van der Waals surface area contributed by atoms with Gasteiger partial charge in [-0.2, -0.15) is 5.10 Å². The minimum Gasteiger partial charge on any atom is -0.302 e. The summed E-state index contributed by atoms with van der Waals surface area (Å²) in [4.78, 5) is 16.2. The van der Waals surface area contributed by atoms with Crippen molar-refractivity contribution >= 4 is 33.3 Å². The molecule has 0 aliphatic rings. The van der Waals surface area contributed by atoms with E-state index in [1.165, 1.54) is 18.3 Å². The molecule has 0 atom stereocenters. The van der Waals surface area contributed by atoms with Crippen LogP contribution in [0.2, 0.25) is 0 Å². The van der Waals surface area contributed by atoms with E-state index in [1.54, 1.807) is 12.4 Å². The van der Waals surface area contributed by atoms with Crippen molar-refractivity contribution in [3.8, 4) is 10.4 Å². The lowest BCUT2D eigenvalue weighted by Gasteiger charge is -1.98. The Labute approximate surface area is 107 Å². The minimum absolute atomic E-state index is 0.114. The largest absolute Gasteiger partial charge is 0.302 e. The SMILES string of the molecule is CC(=O)Nc1ncc(-c2cccc3[nH]ncc23)s1. The van der Waals surface area contributed by atoms with Gasteiger partial charge in [0.15, 0.2) is 5.13 Å². The molecule has 0 radical (unpaired) electrons. The Kier molecular flexibility index (Phi) is 2.56. The van der Waals surface area contributed by atoms with E-state index < -0.39 is 0 Å². The maximum Gasteiger partial charge on any atom is 0.223 e. The number of anilines is 1. The van der Waals surface area contributed by atoms with Crippen LogP contribution in [0.15, 0.2) is 30.6 Å². The van der Waals surface area contributed by atoms with Crippen molar-refractivity contribution in [3.05, 3.63) is 30.6 Å². The number of amides is 1. The molecule has 0 aliphatic heterocycles. The fraction of sp³-hybridized carbons (Fsp3) is 0.0833. The summed E-state index contributed by atoms with van der Waals surface area (Å²) in [7, 11) is 0. The van der Waals surface area contributed by atoms with Crippen LogP contribution in [0.4, 0.5) is 5.13 Å². The van der Waals surface area contributed by atoms with Gasteiger partial charge in [0.25, 0.3) is 0 Å². The molecule has 3 aromatic rings. The first-order valence-corrected chi connectivity index (χ1v) is 6.21. The molecule has 0 saturated carbocycles. The third-order valence-electron chi connectivity index (χ3n) is 2.54. The summed E-state index contributed by atoms with van der Waals surface area (Å²) in [6.07, 6.45) is 3.56. The predicted octanol–water partition coefficient (Wildman–Crippen LogP) is 2.64. The van der Waals surface area contributed by atoms with Crippen molar-refractivity contribution in [3.63, 3.8) is 0 Å². The molecular formula is C12H10N4OS. The van der Waals surface area contributed by atoms with Crippen LogP contribution in [-0.4, -0.2) is 21.1 Å². The van der Waals surface area contributed by atoms with Crippen LogP contribution >= 0.6 is 11.3 Å². The van der Waals surface area contributed by atoms with E-state index in [0.29, 0.717) is 5.13 Å². The molecule has 6 heteroatoms. The van der Waals surface area contributed by atoms with Crippen LogP contribution in [-0.2, 0) is 4.79 Å². The van der Waals surface area contributed by atoms with Gasteiger partial charge in [-0.05, 0) is 6.07 Å². The lowest BCUT2D eigenvalue weighted by Crippen LogP contribution is -2.04. The highest BCUT2D eigenvalue weighted by molar-refractivity contribution is 7.19. The third kappa shape index (κ3) is 1.86. The number of nitrogens with zero attached hydrogens (tertiary/aromatic N) is 2. The molecule has 2 aromatic heterocycles. The fourth-order valence-electron chi connectivity index (χ4n) is 1.79. The number of rotatable bonds is 2. The summed E-state index contributed by atoms with van der Waals surface area (Å²) >= 11 is 1.45. The Morgan fingerprint density at radius 2 is 2.28 bits per heavy atom. The van der Waals surface area contributed by atoms with Crippen LogP contribution in [0.1, 0.15) is 6.92 Å². The Balaban J connectivity index is 2.06. The van der Waals surface area contributed by atoms with E-state index in [4.69, 9.17) is 0 Å². The number of H-pyrrole nitrogens is 1. The number of fused-ring (bicyclic) bond motifs is 1. The fourth-order valence-corrected chi connectivity index (χ4v) is 2.69. The van der Waals surface area contributed by atoms with Crippen LogP contribution in [0, 0.1) is 0 Å². The van der Waals surface area contributed by atoms with Gasteiger partial charge >= 0.3 is 0 Å². The molecule has 3 rings (SSSR count). The maximum atomic E-state index is 11.0. The van der Waals surface area contributed by atoms with Gasteiger partial charge in [-0.15, -0.1) is 0 Å². The van der Waals surface area contributed by atoms with E-state index in [1.807, 2.05) is 18.2 Å². The number of thiazole rings is 1. The molecule has 0 bridgehead atoms. The van der Waals surface area contributed by atoms with Gasteiger partial charge in [-0.3, -0.25) is 9.89 Å². The number of hydrogen-bond donors (Lipinski definition) is 2. The first-order chi connectivity index (χ1) is 8.74. The zero-order valence-corrected chi connectivity index (χ0v) is 10.4. The number of nitrogens with one attached hydrogen (secondary N) is 2. The number of carbonyl (C=O) groups is 1. The molecule has 0 spiro atoms. The average molecular weight is 258 g/mol. The normalized spacial score (nSPS) is 10.7. The van der Waals surface area contributed by atoms with Gasteiger partial charge in [0.05, 0.1) is 16.6 Å². The number of aromatic amines is 1. The summed E-state index contributed by atoms with van der Waals surface area (Å²) in [5, 5.41) is 11.3. The van der Waals surface area contributed by atoms with E-state index >= 15 is 0 Å². The maximum absolute atomic E-state index is 11.0. The lowest BCUT2D eigenvalue weighted by molar-refractivity contribution is -0.114. The van der Waals surface area contributed by atoms with Crippen LogP contribution in [0.5, 0.6) is 0 Å². The molecule has 1 amide bonds. The summed E-state index contributed by atoms with van der Waals surface area (Å²) in [6.45, 7) is 1.47. The summed E-state index contributed by atoms with van der Waals surface area (Å²) < 4.78 is 0.